The number of allylic oxidation sites excluding steroid dienone is 1. The molecule has 1 spiro atoms. The summed E-state index contributed by atoms with van der Waals surface area (Å²) in [5.41, 5.74) is 7.96. The molecule has 1 atom stereocenters. The van der Waals surface area contributed by atoms with Crippen LogP contribution < -0.4 is 16.0 Å². The predicted octanol–water partition coefficient (Wildman–Crippen LogP) is 4.36. The fraction of sp³-hybridized carbons (Fsp3) is 0.240. The predicted molar refractivity (Wildman–Crippen MR) is 130 cm³/mol. The minimum absolute atomic E-state index is 0.0194. The zero-order chi connectivity index (χ0) is 24.4. The van der Waals surface area contributed by atoms with Crippen LogP contribution in [-0.2, 0) is 24.5 Å². The molecule has 9 heteroatoms. The number of hydrogen-bond acceptors (Lipinski definition) is 6. The topological polar surface area (TPSA) is 102 Å². The highest BCUT2D eigenvalue weighted by atomic mass is 35.5. The van der Waals surface area contributed by atoms with Gasteiger partial charge in [-0.2, -0.15) is 0 Å². The summed E-state index contributed by atoms with van der Waals surface area (Å²) in [4.78, 5) is 42.3. The van der Waals surface area contributed by atoms with Gasteiger partial charge in [0.05, 0.1) is 17.8 Å². The summed E-state index contributed by atoms with van der Waals surface area (Å²) in [6.45, 7) is 1.88. The molecule has 174 valence electrons. The smallest absolute Gasteiger partial charge is 0.339 e. The lowest BCUT2D eigenvalue weighted by Crippen LogP contribution is -2.53. The standard InChI is InChI=1S/C25H21Cl2N3O4/c1-12-6-8-16-14(10-12)25(24(33)29-16)20-18(4-3-5-19(20)31)30(22(28)21(25)23(32)34-2)17-9-7-13(26)11-15(17)27/h6-11H,3-5,28H2,1-2H3,(H,29,33). The maximum absolute atomic E-state index is 13.8. The summed E-state index contributed by atoms with van der Waals surface area (Å²) in [5, 5.41) is 3.56. The molecule has 0 aromatic heterocycles. The highest BCUT2D eigenvalue weighted by Gasteiger charge is 2.62. The number of anilines is 2. The number of aryl methyl sites for hydroxylation is 1. The third-order valence-corrected chi connectivity index (χ3v) is 7.15. The summed E-state index contributed by atoms with van der Waals surface area (Å²) >= 11 is 12.6. The van der Waals surface area contributed by atoms with Crippen LogP contribution in [0.2, 0.25) is 10.0 Å². The van der Waals surface area contributed by atoms with Gasteiger partial charge in [-0.3, -0.25) is 14.5 Å². The van der Waals surface area contributed by atoms with Gasteiger partial charge in [-0.1, -0.05) is 40.9 Å². The van der Waals surface area contributed by atoms with Gasteiger partial charge in [-0.25, -0.2) is 4.79 Å². The van der Waals surface area contributed by atoms with Crippen LogP contribution in [0.1, 0.15) is 30.4 Å². The van der Waals surface area contributed by atoms with E-state index < -0.39 is 17.3 Å². The number of ketones is 1. The molecule has 1 amide bonds. The number of Topliss-reactive ketones (excluding diaryl/α,β-unsaturated/α-hetero) is 1. The number of nitrogens with zero attached hydrogens (tertiary/aromatic N) is 1. The zero-order valence-corrected chi connectivity index (χ0v) is 20.0. The maximum Gasteiger partial charge on any atom is 0.339 e. The average Bonchev–Trinajstić information content (AvgIpc) is 3.06. The van der Waals surface area contributed by atoms with Crippen molar-refractivity contribution in [3.8, 4) is 0 Å². The van der Waals surface area contributed by atoms with Crippen LogP contribution in [0.25, 0.3) is 0 Å². The molecule has 34 heavy (non-hydrogen) atoms. The molecule has 3 N–H and O–H groups in total. The van der Waals surface area contributed by atoms with Gasteiger partial charge in [0.1, 0.15) is 16.8 Å². The van der Waals surface area contributed by atoms with Crippen molar-refractivity contribution in [3.63, 3.8) is 0 Å². The first-order chi connectivity index (χ1) is 16.2. The van der Waals surface area contributed by atoms with Crippen molar-refractivity contribution in [3.05, 3.63) is 80.2 Å². The third kappa shape index (κ3) is 2.93. The number of ether oxygens (including phenoxy) is 1. The van der Waals surface area contributed by atoms with Gasteiger partial charge in [0, 0.05) is 34.0 Å². The zero-order valence-electron chi connectivity index (χ0n) is 18.5. The van der Waals surface area contributed by atoms with Crippen LogP contribution in [-0.4, -0.2) is 24.8 Å². The number of carbonyl (C=O) groups is 3. The maximum atomic E-state index is 13.8. The highest BCUT2D eigenvalue weighted by molar-refractivity contribution is 6.36. The summed E-state index contributed by atoms with van der Waals surface area (Å²) in [6, 6.07) is 10.3. The Morgan fingerprint density at radius 3 is 2.62 bits per heavy atom. The van der Waals surface area contributed by atoms with Crippen LogP contribution in [0, 0.1) is 6.92 Å². The largest absolute Gasteiger partial charge is 0.466 e. The Morgan fingerprint density at radius 2 is 1.91 bits per heavy atom. The van der Waals surface area contributed by atoms with Gasteiger partial charge >= 0.3 is 5.97 Å². The van der Waals surface area contributed by atoms with Gasteiger partial charge in [-0.15, -0.1) is 0 Å². The van der Waals surface area contributed by atoms with E-state index in [1.165, 1.54) is 7.11 Å². The van der Waals surface area contributed by atoms with Crippen molar-refractivity contribution in [2.75, 3.05) is 17.3 Å². The van der Waals surface area contributed by atoms with E-state index in [9.17, 15) is 14.4 Å². The first kappa shape index (κ1) is 22.5. The molecule has 5 rings (SSSR count). The monoisotopic (exact) mass is 497 g/mol. The molecule has 2 aromatic rings. The Morgan fingerprint density at radius 1 is 1.15 bits per heavy atom. The first-order valence-corrected chi connectivity index (χ1v) is 11.5. The Bertz CT molecular complexity index is 1360. The number of fused-ring (bicyclic) bond motifs is 3. The number of nitrogens with two attached hydrogens (primary N) is 1. The fourth-order valence-corrected chi connectivity index (χ4v) is 5.75. The van der Waals surface area contributed by atoms with E-state index in [2.05, 4.69) is 5.32 Å². The second kappa shape index (κ2) is 7.89. The van der Waals surface area contributed by atoms with Crippen LogP contribution >= 0.6 is 23.2 Å². The van der Waals surface area contributed by atoms with Crippen LogP contribution in [0.5, 0.6) is 0 Å². The summed E-state index contributed by atoms with van der Waals surface area (Å²) in [5.74, 6) is -1.56. The highest BCUT2D eigenvalue weighted by Crippen LogP contribution is 2.56. The number of carbonyl (C=O) groups excluding carboxylic acids is 3. The first-order valence-electron chi connectivity index (χ1n) is 10.7. The minimum Gasteiger partial charge on any atom is -0.466 e. The van der Waals surface area contributed by atoms with E-state index >= 15 is 0 Å². The van der Waals surface area contributed by atoms with Crippen molar-refractivity contribution in [2.24, 2.45) is 5.73 Å². The average molecular weight is 498 g/mol. The fourth-order valence-electron chi connectivity index (χ4n) is 5.26. The summed E-state index contributed by atoms with van der Waals surface area (Å²) in [6.07, 6.45) is 1.27. The van der Waals surface area contributed by atoms with E-state index in [1.807, 2.05) is 13.0 Å². The number of hydrogen-bond donors (Lipinski definition) is 2. The number of halogens is 2. The number of benzene rings is 2. The van der Waals surface area contributed by atoms with Gasteiger partial charge in [0.25, 0.3) is 0 Å². The summed E-state index contributed by atoms with van der Waals surface area (Å²) < 4.78 is 5.12. The van der Waals surface area contributed by atoms with Gasteiger partial charge < -0.3 is 15.8 Å². The molecule has 1 unspecified atom stereocenters. The lowest BCUT2D eigenvalue weighted by atomic mass is 9.63. The Hall–Kier alpha value is -3.29. The number of nitrogens with one attached hydrogen (secondary N) is 1. The third-order valence-electron chi connectivity index (χ3n) is 6.61. The molecule has 2 aliphatic heterocycles. The quantitative estimate of drug-likeness (QED) is 0.597. The lowest BCUT2D eigenvalue weighted by molar-refractivity contribution is -0.138. The minimum atomic E-state index is -1.72. The number of rotatable bonds is 2. The van der Waals surface area contributed by atoms with E-state index in [4.69, 9.17) is 33.7 Å². The molecule has 1 aliphatic carbocycles. The van der Waals surface area contributed by atoms with E-state index in [0.29, 0.717) is 40.5 Å². The molecule has 0 bridgehead atoms. The molecule has 0 saturated heterocycles. The van der Waals surface area contributed by atoms with Crippen LogP contribution in [0.15, 0.2) is 59.1 Å². The van der Waals surface area contributed by atoms with E-state index in [1.54, 1.807) is 35.2 Å². The van der Waals surface area contributed by atoms with Gasteiger partial charge in [0.2, 0.25) is 5.91 Å². The molecule has 7 nitrogen and oxygen atoms in total. The van der Waals surface area contributed by atoms with Crippen LogP contribution in [0.3, 0.4) is 0 Å². The second-order valence-electron chi connectivity index (χ2n) is 8.53. The van der Waals surface area contributed by atoms with Crippen molar-refractivity contribution in [1.29, 1.82) is 0 Å². The lowest BCUT2D eigenvalue weighted by Gasteiger charge is -2.44. The van der Waals surface area contributed by atoms with Crippen molar-refractivity contribution in [2.45, 2.75) is 31.6 Å². The molecular weight excluding hydrogens is 477 g/mol. The van der Waals surface area contributed by atoms with Crippen molar-refractivity contribution in [1.82, 2.24) is 0 Å². The molecule has 2 heterocycles. The number of methoxy groups -OCH3 is 1. The summed E-state index contributed by atoms with van der Waals surface area (Å²) in [7, 11) is 1.21. The molecular formula is C25H21Cl2N3O4. The van der Waals surface area contributed by atoms with Crippen LogP contribution in [0.4, 0.5) is 11.4 Å². The molecule has 0 radical (unpaired) electrons. The molecule has 3 aliphatic rings. The van der Waals surface area contributed by atoms with Crippen molar-refractivity contribution < 1.29 is 19.1 Å². The van der Waals surface area contributed by atoms with E-state index in [0.717, 1.165) is 5.56 Å². The van der Waals surface area contributed by atoms with Gasteiger partial charge in [-0.05, 0) is 44.0 Å². The normalized spacial score (nSPS) is 21.6. The van der Waals surface area contributed by atoms with E-state index in [-0.39, 0.29) is 34.2 Å². The molecule has 2 aromatic carbocycles. The Labute approximate surface area is 206 Å². The van der Waals surface area contributed by atoms with Crippen molar-refractivity contribution >= 4 is 52.2 Å². The SMILES string of the molecule is COC(=O)C1=C(N)N(c2ccc(Cl)cc2Cl)C2=C(C(=O)CCC2)C12C(=O)Nc1ccc(C)cc12. The number of esters is 1. The number of amides is 1. The molecule has 0 saturated carbocycles. The molecule has 0 fully saturated rings. The Balaban J connectivity index is 1.93. The Kier molecular flexibility index (Phi) is 5.22. The van der Waals surface area contributed by atoms with Gasteiger partial charge in [0.15, 0.2) is 5.78 Å². The second-order valence-corrected chi connectivity index (χ2v) is 9.38.